The van der Waals surface area contributed by atoms with Crippen molar-refractivity contribution in [2.75, 3.05) is 26.3 Å². The zero-order valence-corrected chi connectivity index (χ0v) is 12.8. The van der Waals surface area contributed by atoms with Crippen molar-refractivity contribution >= 4 is 21.8 Å². The number of halogens is 1. The first-order valence-corrected chi connectivity index (χ1v) is 7.81. The molecule has 2 atom stereocenters. The Morgan fingerprint density at radius 2 is 2.00 bits per heavy atom. The number of carbonyl (C=O) groups excluding carboxylic acids is 1. The minimum Gasteiger partial charge on any atom is -0.370 e. The highest BCUT2D eigenvalue weighted by atomic mass is 79.9. The lowest BCUT2D eigenvalue weighted by Gasteiger charge is -2.34. The third-order valence-corrected chi connectivity index (χ3v) is 4.35. The lowest BCUT2D eigenvalue weighted by Crippen LogP contribution is -2.46. The first-order chi connectivity index (χ1) is 9.74. The number of morpholine rings is 1. The van der Waals surface area contributed by atoms with Crippen molar-refractivity contribution in [2.24, 2.45) is 0 Å². The smallest absolute Gasteiger partial charge is 0.251 e. The first-order valence-electron chi connectivity index (χ1n) is 7.01. The summed E-state index contributed by atoms with van der Waals surface area (Å²) in [4.78, 5) is 14.3. The Kier molecular flexibility index (Phi) is 4.38. The van der Waals surface area contributed by atoms with Crippen molar-refractivity contribution in [1.29, 1.82) is 0 Å². The molecule has 20 heavy (non-hydrogen) atoms. The largest absolute Gasteiger partial charge is 0.370 e. The zero-order chi connectivity index (χ0) is 13.9. The van der Waals surface area contributed by atoms with Gasteiger partial charge in [-0.25, -0.2) is 0 Å². The van der Waals surface area contributed by atoms with E-state index in [2.05, 4.69) is 15.9 Å². The lowest BCUT2D eigenvalue weighted by atomic mass is 10.1. The summed E-state index contributed by atoms with van der Waals surface area (Å²) in [5, 5.41) is 0. The standard InChI is InChI=1S/C15H18BrNO3/c16-12-5-3-11(4-6-12)14-10-17(7-9-20-14)15(18)13-2-1-8-19-13/h3-6,13-14H,1-2,7-10H2/t13-,14-/m0/s1. The number of benzene rings is 1. The molecule has 2 heterocycles. The summed E-state index contributed by atoms with van der Waals surface area (Å²) >= 11 is 3.43. The minimum absolute atomic E-state index is 0.0396. The van der Waals surface area contributed by atoms with Gasteiger partial charge in [0.1, 0.15) is 12.2 Å². The van der Waals surface area contributed by atoms with E-state index in [0.717, 1.165) is 22.9 Å². The molecule has 0 radical (unpaired) electrons. The van der Waals surface area contributed by atoms with Crippen LogP contribution in [0.4, 0.5) is 0 Å². The maximum Gasteiger partial charge on any atom is 0.251 e. The maximum atomic E-state index is 12.4. The van der Waals surface area contributed by atoms with Gasteiger partial charge in [0.15, 0.2) is 0 Å². The molecule has 2 saturated heterocycles. The molecule has 0 saturated carbocycles. The van der Waals surface area contributed by atoms with Crippen LogP contribution >= 0.6 is 15.9 Å². The minimum atomic E-state index is -0.237. The number of nitrogens with zero attached hydrogens (tertiary/aromatic N) is 1. The number of hydrogen-bond donors (Lipinski definition) is 0. The topological polar surface area (TPSA) is 38.8 Å². The van der Waals surface area contributed by atoms with Crippen LogP contribution in [-0.4, -0.2) is 43.2 Å². The van der Waals surface area contributed by atoms with Crippen LogP contribution < -0.4 is 0 Å². The monoisotopic (exact) mass is 339 g/mol. The van der Waals surface area contributed by atoms with Gasteiger partial charge in [-0.3, -0.25) is 4.79 Å². The fourth-order valence-corrected chi connectivity index (χ4v) is 2.97. The average molecular weight is 340 g/mol. The number of hydrogen-bond acceptors (Lipinski definition) is 3. The van der Waals surface area contributed by atoms with Crippen molar-refractivity contribution in [3.8, 4) is 0 Å². The second-order valence-corrected chi connectivity index (χ2v) is 6.11. The van der Waals surface area contributed by atoms with Gasteiger partial charge in [-0.05, 0) is 30.5 Å². The molecule has 0 aromatic heterocycles. The quantitative estimate of drug-likeness (QED) is 0.831. The molecule has 1 amide bonds. The number of carbonyl (C=O) groups is 1. The van der Waals surface area contributed by atoms with E-state index in [1.807, 2.05) is 29.2 Å². The third kappa shape index (κ3) is 3.05. The van der Waals surface area contributed by atoms with Crippen molar-refractivity contribution in [1.82, 2.24) is 4.90 Å². The van der Waals surface area contributed by atoms with Crippen LogP contribution in [0.5, 0.6) is 0 Å². The molecule has 1 aromatic carbocycles. The van der Waals surface area contributed by atoms with Crippen LogP contribution in [0, 0.1) is 0 Å². The number of amides is 1. The van der Waals surface area contributed by atoms with Crippen LogP contribution in [0.15, 0.2) is 28.7 Å². The molecule has 0 unspecified atom stereocenters. The first kappa shape index (κ1) is 14.0. The lowest BCUT2D eigenvalue weighted by molar-refractivity contribution is -0.148. The van der Waals surface area contributed by atoms with E-state index in [1.54, 1.807) is 0 Å². The fourth-order valence-electron chi connectivity index (χ4n) is 2.70. The second kappa shape index (κ2) is 6.24. The molecular weight excluding hydrogens is 322 g/mol. The van der Waals surface area contributed by atoms with Gasteiger partial charge in [-0.2, -0.15) is 0 Å². The van der Waals surface area contributed by atoms with E-state index in [4.69, 9.17) is 9.47 Å². The Hall–Kier alpha value is -0.910. The van der Waals surface area contributed by atoms with Gasteiger partial charge < -0.3 is 14.4 Å². The molecule has 2 fully saturated rings. The highest BCUT2D eigenvalue weighted by Gasteiger charge is 2.32. The van der Waals surface area contributed by atoms with Gasteiger partial charge in [0, 0.05) is 17.6 Å². The summed E-state index contributed by atoms with van der Waals surface area (Å²) in [7, 11) is 0. The molecular formula is C15H18BrNO3. The van der Waals surface area contributed by atoms with Crippen LogP contribution in [0.1, 0.15) is 24.5 Å². The number of ether oxygens (including phenoxy) is 2. The molecule has 5 heteroatoms. The third-order valence-electron chi connectivity index (χ3n) is 3.83. The average Bonchev–Trinajstić information content (AvgIpc) is 3.01. The second-order valence-electron chi connectivity index (χ2n) is 5.20. The maximum absolute atomic E-state index is 12.4. The van der Waals surface area contributed by atoms with Crippen molar-refractivity contribution in [2.45, 2.75) is 25.0 Å². The molecule has 4 nitrogen and oxygen atoms in total. The molecule has 0 spiro atoms. The van der Waals surface area contributed by atoms with Gasteiger partial charge in [-0.15, -0.1) is 0 Å². The van der Waals surface area contributed by atoms with E-state index in [1.165, 1.54) is 0 Å². The Bertz CT molecular complexity index is 471. The summed E-state index contributed by atoms with van der Waals surface area (Å²) < 4.78 is 12.3. The molecule has 2 aliphatic rings. The molecule has 0 bridgehead atoms. The van der Waals surface area contributed by atoms with E-state index in [-0.39, 0.29) is 18.1 Å². The Morgan fingerprint density at radius 1 is 1.20 bits per heavy atom. The number of rotatable bonds is 2. The van der Waals surface area contributed by atoms with Gasteiger partial charge >= 0.3 is 0 Å². The van der Waals surface area contributed by atoms with Gasteiger partial charge in [-0.1, -0.05) is 28.1 Å². The predicted molar refractivity (Wildman–Crippen MR) is 78.4 cm³/mol. The fraction of sp³-hybridized carbons (Fsp3) is 0.533. The van der Waals surface area contributed by atoms with Gasteiger partial charge in [0.25, 0.3) is 5.91 Å². The van der Waals surface area contributed by atoms with E-state index in [0.29, 0.717) is 26.3 Å². The summed E-state index contributed by atoms with van der Waals surface area (Å²) in [6.45, 7) is 2.56. The van der Waals surface area contributed by atoms with Crippen LogP contribution in [0.2, 0.25) is 0 Å². The molecule has 3 rings (SSSR count). The van der Waals surface area contributed by atoms with Gasteiger partial charge in [0.05, 0.1) is 13.2 Å². The molecule has 0 aliphatic carbocycles. The predicted octanol–water partition coefficient (Wildman–Crippen LogP) is 2.53. The summed E-state index contributed by atoms with van der Waals surface area (Å²) in [6.07, 6.45) is 1.55. The van der Waals surface area contributed by atoms with Crippen molar-refractivity contribution in [3.05, 3.63) is 34.3 Å². The molecule has 108 valence electrons. The summed E-state index contributed by atoms with van der Waals surface area (Å²) in [6, 6.07) is 8.07. The van der Waals surface area contributed by atoms with Gasteiger partial charge in [0.2, 0.25) is 0 Å². The van der Waals surface area contributed by atoms with Crippen molar-refractivity contribution < 1.29 is 14.3 Å². The van der Waals surface area contributed by atoms with Crippen LogP contribution in [0.25, 0.3) is 0 Å². The normalized spacial score (nSPS) is 26.8. The Balaban J connectivity index is 1.66. The summed E-state index contributed by atoms with van der Waals surface area (Å²) in [5.74, 6) is 0.118. The van der Waals surface area contributed by atoms with Crippen LogP contribution in [0.3, 0.4) is 0 Å². The highest BCUT2D eigenvalue weighted by Crippen LogP contribution is 2.25. The SMILES string of the molecule is O=C([C@@H]1CCCO1)N1CCO[C@H](c2ccc(Br)cc2)C1. The van der Waals surface area contributed by atoms with E-state index < -0.39 is 0 Å². The van der Waals surface area contributed by atoms with E-state index >= 15 is 0 Å². The van der Waals surface area contributed by atoms with E-state index in [9.17, 15) is 4.79 Å². The summed E-state index contributed by atoms with van der Waals surface area (Å²) in [5.41, 5.74) is 1.11. The Labute approximate surface area is 127 Å². The molecule has 0 N–H and O–H groups in total. The molecule has 1 aromatic rings. The van der Waals surface area contributed by atoms with Crippen LogP contribution in [-0.2, 0) is 14.3 Å². The highest BCUT2D eigenvalue weighted by molar-refractivity contribution is 9.10. The molecule has 2 aliphatic heterocycles. The zero-order valence-electron chi connectivity index (χ0n) is 11.3. The van der Waals surface area contributed by atoms with Crippen molar-refractivity contribution in [3.63, 3.8) is 0 Å². The Morgan fingerprint density at radius 3 is 2.70 bits per heavy atom.